The number of primary amides is 1. The lowest BCUT2D eigenvalue weighted by atomic mass is 10.1. The van der Waals surface area contributed by atoms with E-state index < -0.39 is 10.8 Å². The number of rotatable bonds is 6. The fourth-order valence-corrected chi connectivity index (χ4v) is 2.76. The van der Waals surface area contributed by atoms with E-state index in [9.17, 15) is 14.9 Å². The normalized spacial score (nSPS) is 14.9. The van der Waals surface area contributed by atoms with Crippen LogP contribution in [0.5, 0.6) is 0 Å². The second-order valence-electron chi connectivity index (χ2n) is 5.17. The minimum Gasteiger partial charge on any atom is -0.368 e. The monoisotopic (exact) mass is 293 g/mol. The molecule has 0 aromatic heterocycles. The number of amides is 1. The van der Waals surface area contributed by atoms with Crippen molar-refractivity contribution in [3.8, 4) is 0 Å². The van der Waals surface area contributed by atoms with Gasteiger partial charge in [0.1, 0.15) is 0 Å². The summed E-state index contributed by atoms with van der Waals surface area (Å²) in [4.78, 5) is 23.7. The van der Waals surface area contributed by atoms with E-state index in [1.54, 1.807) is 6.07 Å². The van der Waals surface area contributed by atoms with E-state index in [-0.39, 0.29) is 18.3 Å². The van der Waals surface area contributed by atoms with Gasteiger partial charge in [0.05, 0.1) is 17.2 Å². The molecule has 0 unspecified atom stereocenters. The number of nitro benzene ring substituents is 1. The molecule has 0 bridgehead atoms. The molecular weight excluding hydrogens is 274 g/mol. The number of nitrogens with one attached hydrogen (secondary N) is 1. The number of carbonyl (C=O) groups is 1. The zero-order valence-electron chi connectivity index (χ0n) is 11.6. The summed E-state index contributed by atoms with van der Waals surface area (Å²) in [5.74, 6) is 4.90. The van der Waals surface area contributed by atoms with Gasteiger partial charge in [0.15, 0.2) is 0 Å². The Bertz CT molecular complexity index is 543. The molecule has 0 heterocycles. The molecule has 1 aromatic carbocycles. The Balaban J connectivity index is 2.39. The summed E-state index contributed by atoms with van der Waals surface area (Å²) < 4.78 is 0. The Hall–Kier alpha value is -2.35. The minimum atomic E-state index is -0.485. The van der Waals surface area contributed by atoms with Gasteiger partial charge in [-0.25, -0.2) is 0 Å². The smallest absolute Gasteiger partial charge is 0.273 e. The number of nitro groups is 1. The van der Waals surface area contributed by atoms with Crippen LogP contribution in [0.25, 0.3) is 0 Å². The van der Waals surface area contributed by atoms with Crippen LogP contribution in [0.4, 0.5) is 17.1 Å². The fraction of sp³-hybridized carbons (Fsp3) is 0.462. The number of hydrazine groups is 1. The topological polar surface area (TPSA) is 128 Å². The third-order valence-electron chi connectivity index (χ3n) is 3.70. The molecule has 0 radical (unpaired) electrons. The van der Waals surface area contributed by atoms with Crippen molar-refractivity contribution in [2.24, 2.45) is 11.6 Å². The molecule has 0 aliphatic heterocycles. The van der Waals surface area contributed by atoms with E-state index >= 15 is 0 Å². The quantitative estimate of drug-likeness (QED) is 0.409. The van der Waals surface area contributed by atoms with Crippen LogP contribution in [0.3, 0.4) is 0 Å². The minimum absolute atomic E-state index is 0.0375. The first-order valence-electron chi connectivity index (χ1n) is 6.82. The van der Waals surface area contributed by atoms with Crippen molar-refractivity contribution < 1.29 is 9.72 Å². The first-order valence-corrected chi connectivity index (χ1v) is 6.82. The van der Waals surface area contributed by atoms with Gasteiger partial charge in [0, 0.05) is 23.9 Å². The summed E-state index contributed by atoms with van der Waals surface area (Å²) in [6, 6.07) is 4.65. The van der Waals surface area contributed by atoms with Gasteiger partial charge in [-0.15, -0.1) is 0 Å². The maximum absolute atomic E-state index is 11.3. The molecule has 0 saturated heterocycles. The predicted molar refractivity (Wildman–Crippen MR) is 79.7 cm³/mol. The van der Waals surface area contributed by atoms with Crippen LogP contribution in [0, 0.1) is 10.1 Å². The van der Waals surface area contributed by atoms with Gasteiger partial charge in [-0.3, -0.25) is 20.8 Å². The summed E-state index contributed by atoms with van der Waals surface area (Å²) >= 11 is 0. The Labute approximate surface area is 122 Å². The number of hydrogen-bond donors (Lipinski definition) is 3. The maximum atomic E-state index is 11.3. The molecule has 0 spiro atoms. The van der Waals surface area contributed by atoms with Gasteiger partial charge >= 0.3 is 0 Å². The van der Waals surface area contributed by atoms with E-state index in [0.717, 1.165) is 25.7 Å². The highest BCUT2D eigenvalue weighted by Crippen LogP contribution is 2.32. The molecule has 0 atom stereocenters. The van der Waals surface area contributed by atoms with Gasteiger partial charge in [-0.1, -0.05) is 12.8 Å². The zero-order valence-corrected chi connectivity index (χ0v) is 11.6. The van der Waals surface area contributed by atoms with E-state index in [1.165, 1.54) is 12.1 Å². The average Bonchev–Trinajstić information content (AvgIpc) is 2.97. The number of benzene rings is 1. The van der Waals surface area contributed by atoms with Crippen molar-refractivity contribution in [3.63, 3.8) is 0 Å². The van der Waals surface area contributed by atoms with Crippen molar-refractivity contribution in [2.45, 2.75) is 31.7 Å². The van der Waals surface area contributed by atoms with Gasteiger partial charge in [0.25, 0.3) is 5.69 Å². The number of carbonyl (C=O) groups excluding carboxylic acids is 1. The Morgan fingerprint density at radius 2 is 2.05 bits per heavy atom. The van der Waals surface area contributed by atoms with Crippen LogP contribution < -0.4 is 21.9 Å². The summed E-state index contributed by atoms with van der Waals surface area (Å²) in [7, 11) is 0. The molecule has 21 heavy (non-hydrogen) atoms. The van der Waals surface area contributed by atoms with E-state index in [0.29, 0.717) is 11.4 Å². The highest BCUT2D eigenvalue weighted by atomic mass is 16.6. The molecule has 114 valence electrons. The molecule has 1 aliphatic rings. The molecule has 1 fully saturated rings. The second kappa shape index (κ2) is 6.40. The Morgan fingerprint density at radius 3 is 2.57 bits per heavy atom. The van der Waals surface area contributed by atoms with Crippen molar-refractivity contribution in [3.05, 3.63) is 28.3 Å². The predicted octanol–water partition coefficient (Wildman–Crippen LogP) is 1.11. The van der Waals surface area contributed by atoms with Crippen molar-refractivity contribution in [1.82, 2.24) is 0 Å². The Kier molecular flexibility index (Phi) is 4.59. The molecule has 1 aliphatic carbocycles. The van der Waals surface area contributed by atoms with Crippen LogP contribution in [0.15, 0.2) is 18.2 Å². The summed E-state index contributed by atoms with van der Waals surface area (Å²) in [5.41, 5.74) is 8.66. The summed E-state index contributed by atoms with van der Waals surface area (Å²) in [5, 5.41) is 11.0. The highest BCUT2D eigenvalue weighted by molar-refractivity contribution is 5.80. The molecule has 5 N–H and O–H groups in total. The molecule has 8 heteroatoms. The SMILES string of the molecule is NNc1cc(N(CC(N)=O)C2CCCC2)cc([N+](=O)[O-])c1. The molecule has 1 saturated carbocycles. The van der Waals surface area contributed by atoms with E-state index in [2.05, 4.69) is 5.43 Å². The molecule has 1 aromatic rings. The third kappa shape index (κ3) is 3.60. The summed E-state index contributed by atoms with van der Waals surface area (Å²) in [6.07, 6.45) is 4.05. The lowest BCUT2D eigenvalue weighted by Crippen LogP contribution is -2.40. The van der Waals surface area contributed by atoms with Crippen LogP contribution >= 0.6 is 0 Å². The van der Waals surface area contributed by atoms with Crippen molar-refractivity contribution >= 4 is 23.0 Å². The average molecular weight is 293 g/mol. The van der Waals surface area contributed by atoms with Gasteiger partial charge in [-0.05, 0) is 18.9 Å². The maximum Gasteiger partial charge on any atom is 0.273 e. The van der Waals surface area contributed by atoms with Crippen LogP contribution in [0.2, 0.25) is 0 Å². The van der Waals surface area contributed by atoms with Crippen molar-refractivity contribution in [1.29, 1.82) is 0 Å². The summed E-state index contributed by atoms with van der Waals surface area (Å²) in [6.45, 7) is 0.0375. The number of anilines is 2. The zero-order chi connectivity index (χ0) is 15.4. The first-order chi connectivity index (χ1) is 10.0. The second-order valence-corrected chi connectivity index (χ2v) is 5.17. The molecular formula is C13H19N5O3. The fourth-order valence-electron chi connectivity index (χ4n) is 2.76. The highest BCUT2D eigenvalue weighted by Gasteiger charge is 2.25. The third-order valence-corrected chi connectivity index (χ3v) is 3.70. The van der Waals surface area contributed by atoms with Crippen LogP contribution in [0.1, 0.15) is 25.7 Å². The standard InChI is InChI=1S/C13H19N5O3/c14-13(19)8-17(10-3-1-2-4-10)11-5-9(16-15)6-12(7-11)18(20)21/h5-7,10,16H,1-4,8,15H2,(H2,14,19). The van der Waals surface area contributed by atoms with E-state index in [1.807, 2.05) is 4.90 Å². The molecule has 1 amide bonds. The molecule has 8 nitrogen and oxygen atoms in total. The number of nitrogens with two attached hydrogens (primary N) is 2. The number of nitrogen functional groups attached to an aromatic ring is 1. The Morgan fingerprint density at radius 1 is 1.38 bits per heavy atom. The number of nitrogens with zero attached hydrogens (tertiary/aromatic N) is 2. The van der Waals surface area contributed by atoms with Gasteiger partial charge < -0.3 is 16.1 Å². The number of hydrogen-bond acceptors (Lipinski definition) is 6. The molecule has 2 rings (SSSR count). The largest absolute Gasteiger partial charge is 0.368 e. The van der Waals surface area contributed by atoms with Crippen molar-refractivity contribution in [2.75, 3.05) is 16.9 Å². The first kappa shape index (κ1) is 15.0. The van der Waals surface area contributed by atoms with Gasteiger partial charge in [-0.2, -0.15) is 0 Å². The van der Waals surface area contributed by atoms with Gasteiger partial charge in [0.2, 0.25) is 5.91 Å². The lowest BCUT2D eigenvalue weighted by molar-refractivity contribution is -0.384. The van der Waals surface area contributed by atoms with Crippen LogP contribution in [-0.4, -0.2) is 23.4 Å². The van der Waals surface area contributed by atoms with Crippen LogP contribution in [-0.2, 0) is 4.79 Å². The lowest BCUT2D eigenvalue weighted by Gasteiger charge is -2.30. The number of non-ortho nitro benzene ring substituents is 1. The van der Waals surface area contributed by atoms with E-state index in [4.69, 9.17) is 11.6 Å².